The largest absolute Gasteiger partial charge is 0.378 e. The van der Waals surface area contributed by atoms with Gasteiger partial charge in [-0.25, -0.2) is 4.98 Å². The second kappa shape index (κ2) is 8.83. The first kappa shape index (κ1) is 22.5. The van der Waals surface area contributed by atoms with Crippen LogP contribution in [0.1, 0.15) is 67.1 Å². The summed E-state index contributed by atoms with van der Waals surface area (Å²) < 4.78 is 0. The smallest absolute Gasteiger partial charge is 0.269 e. The number of H-pyrrole nitrogens is 1. The number of aromatic amines is 1. The van der Waals surface area contributed by atoms with Gasteiger partial charge in [-0.15, -0.1) is 0 Å². The first-order chi connectivity index (χ1) is 16.4. The minimum absolute atomic E-state index is 0.0256. The van der Waals surface area contributed by atoms with Gasteiger partial charge in [0.05, 0.1) is 22.9 Å². The molecule has 178 valence electrons. The van der Waals surface area contributed by atoms with Crippen LogP contribution in [0.2, 0.25) is 0 Å². The van der Waals surface area contributed by atoms with Crippen molar-refractivity contribution in [1.82, 2.24) is 25.6 Å². The molecule has 3 aromatic heterocycles. The highest BCUT2D eigenvalue weighted by molar-refractivity contribution is 5.92. The van der Waals surface area contributed by atoms with Crippen molar-refractivity contribution in [3.8, 4) is 0 Å². The van der Waals surface area contributed by atoms with Crippen LogP contribution in [0.15, 0.2) is 41.5 Å². The Balaban J connectivity index is 1.21. The molecule has 34 heavy (non-hydrogen) atoms. The molecule has 6 rings (SSSR count). The monoisotopic (exact) mass is 460 g/mol. The topological polar surface area (TPSA) is 112 Å². The second-order valence-electron chi connectivity index (χ2n) is 9.80. The zero-order chi connectivity index (χ0) is 23.8. The summed E-state index contributed by atoms with van der Waals surface area (Å²) in [5, 5.41) is 10.2. The van der Waals surface area contributed by atoms with Crippen molar-refractivity contribution in [3.05, 3.63) is 63.8 Å². The van der Waals surface area contributed by atoms with E-state index in [1.165, 1.54) is 0 Å². The van der Waals surface area contributed by atoms with Crippen LogP contribution in [0.3, 0.4) is 0 Å². The number of fused-ring (bicyclic) bond motifs is 4. The summed E-state index contributed by atoms with van der Waals surface area (Å²) in [5.41, 5.74) is 5.11. The maximum Gasteiger partial charge on any atom is 0.269 e. The number of carbonyl (C=O) groups excluding carboxylic acids is 1. The van der Waals surface area contributed by atoms with Crippen LogP contribution in [0.5, 0.6) is 0 Å². The molecule has 4 N–H and O–H groups in total. The van der Waals surface area contributed by atoms with E-state index in [4.69, 9.17) is 0 Å². The van der Waals surface area contributed by atoms with Gasteiger partial charge >= 0.3 is 0 Å². The summed E-state index contributed by atoms with van der Waals surface area (Å²) in [5.74, 6) is -0.172. The van der Waals surface area contributed by atoms with Gasteiger partial charge in [0.2, 0.25) is 0 Å². The van der Waals surface area contributed by atoms with Gasteiger partial charge in [0, 0.05) is 36.4 Å². The van der Waals surface area contributed by atoms with Crippen molar-refractivity contribution < 1.29 is 4.79 Å². The number of rotatable bonds is 7. The highest BCUT2D eigenvalue weighted by Crippen LogP contribution is 2.48. The molecule has 0 atom stereocenters. The summed E-state index contributed by atoms with van der Waals surface area (Å²) in [7, 11) is 1.61. The van der Waals surface area contributed by atoms with Crippen LogP contribution < -0.4 is 21.5 Å². The third kappa shape index (κ3) is 4.30. The molecule has 0 spiro atoms. The molecule has 3 aliphatic carbocycles. The number of nitrogens with zero attached hydrogens (tertiary/aromatic N) is 2. The van der Waals surface area contributed by atoms with Crippen molar-refractivity contribution in [2.75, 3.05) is 12.4 Å². The lowest BCUT2D eigenvalue weighted by Crippen LogP contribution is -2.59. The highest BCUT2D eigenvalue weighted by atomic mass is 16.1. The van der Waals surface area contributed by atoms with E-state index in [-0.39, 0.29) is 22.5 Å². The van der Waals surface area contributed by atoms with E-state index in [0.717, 1.165) is 72.9 Å². The maximum absolute atomic E-state index is 12.2. The second-order valence-corrected chi connectivity index (χ2v) is 9.80. The van der Waals surface area contributed by atoms with Crippen molar-refractivity contribution >= 4 is 22.6 Å². The van der Waals surface area contributed by atoms with Crippen LogP contribution in [0.25, 0.3) is 11.0 Å². The predicted octanol–water partition coefficient (Wildman–Crippen LogP) is 3.29. The lowest BCUT2D eigenvalue weighted by molar-refractivity contribution is 0.0924. The van der Waals surface area contributed by atoms with Crippen LogP contribution in [0, 0.1) is 0 Å². The predicted molar refractivity (Wildman–Crippen MR) is 133 cm³/mol. The molecule has 3 saturated carbocycles. The fourth-order valence-corrected chi connectivity index (χ4v) is 5.49. The molecule has 0 saturated heterocycles. The van der Waals surface area contributed by atoms with E-state index in [1.54, 1.807) is 19.3 Å². The maximum atomic E-state index is 12.2. The normalized spacial score (nSPS) is 23.7. The van der Waals surface area contributed by atoms with Crippen molar-refractivity contribution in [3.63, 3.8) is 0 Å². The Bertz CT molecular complexity index is 1240. The Hall–Kier alpha value is -3.26. The number of anilines is 1. The number of carbonyl (C=O) groups is 1. The van der Waals surface area contributed by atoms with E-state index in [2.05, 4.69) is 30.9 Å². The van der Waals surface area contributed by atoms with Crippen molar-refractivity contribution in [1.29, 1.82) is 0 Å². The van der Waals surface area contributed by atoms with Gasteiger partial charge in [-0.1, -0.05) is 6.92 Å². The molecule has 0 radical (unpaired) electrons. The molecule has 3 heterocycles. The third-order valence-corrected chi connectivity index (χ3v) is 7.75. The number of hydrogen-bond donors (Lipinski definition) is 4. The van der Waals surface area contributed by atoms with Crippen molar-refractivity contribution in [2.24, 2.45) is 0 Å². The highest BCUT2D eigenvalue weighted by Gasteiger charge is 2.48. The average Bonchev–Trinajstić information content (AvgIpc) is 2.88. The molecular formula is C26H32N6O2. The summed E-state index contributed by atoms with van der Waals surface area (Å²) in [6.07, 6.45) is 11.0. The molecule has 3 fully saturated rings. The Labute approximate surface area is 199 Å². The van der Waals surface area contributed by atoms with Crippen molar-refractivity contribution in [2.45, 2.75) is 69.5 Å². The Morgan fingerprint density at radius 2 is 1.76 bits per heavy atom. The van der Waals surface area contributed by atoms with E-state index in [9.17, 15) is 9.59 Å². The van der Waals surface area contributed by atoms with Crippen LogP contribution in [-0.4, -0.2) is 39.0 Å². The first-order valence-electron chi connectivity index (χ1n) is 12.2. The van der Waals surface area contributed by atoms with E-state index < -0.39 is 0 Å². The molecule has 0 aromatic carbocycles. The fourth-order valence-electron chi connectivity index (χ4n) is 5.49. The van der Waals surface area contributed by atoms with Crippen LogP contribution in [0.4, 0.5) is 5.69 Å². The molecule has 0 aliphatic heterocycles. The summed E-state index contributed by atoms with van der Waals surface area (Å²) >= 11 is 0. The molecule has 3 aromatic rings. The first-order valence-corrected chi connectivity index (χ1v) is 12.2. The Kier molecular flexibility index (Phi) is 5.85. The molecule has 1 amide bonds. The van der Waals surface area contributed by atoms with E-state index in [0.29, 0.717) is 12.1 Å². The quantitative estimate of drug-likeness (QED) is 0.431. The molecular weight excluding hydrogens is 428 g/mol. The summed E-state index contributed by atoms with van der Waals surface area (Å²) in [4.78, 5) is 35.8. The number of hydrogen-bond acceptors (Lipinski definition) is 6. The Morgan fingerprint density at radius 1 is 1.03 bits per heavy atom. The van der Waals surface area contributed by atoms with Crippen LogP contribution >= 0.6 is 0 Å². The molecule has 8 nitrogen and oxygen atoms in total. The van der Waals surface area contributed by atoms with E-state index >= 15 is 0 Å². The fraction of sp³-hybridized carbons (Fsp3) is 0.462. The minimum Gasteiger partial charge on any atom is -0.378 e. The average molecular weight is 461 g/mol. The molecule has 2 bridgehead atoms. The molecule has 8 heteroatoms. The standard InChI is InChI=1S/C26H32N6O2/c1-3-18-13-21-22(31-23(18)33)12-17(14-28-21)15-30-25-6-9-26(10-7-25,11-8-25)32-19-4-5-20(29-16-19)24(34)27-2/h4-5,12-14,16,30,32H,3,6-11,15H2,1-2H3,(H,27,34)(H,31,33). The zero-order valence-electron chi connectivity index (χ0n) is 19.8. The van der Waals surface area contributed by atoms with Crippen LogP contribution in [-0.2, 0) is 13.0 Å². The zero-order valence-corrected chi connectivity index (χ0v) is 19.8. The third-order valence-electron chi connectivity index (χ3n) is 7.75. The molecule has 3 aliphatic rings. The number of pyridine rings is 3. The SMILES string of the molecule is CCc1cc2ncc(CNC34CCC(Nc5ccc(C(=O)NC)nc5)(CC3)CC4)cc2[nH]c1=O. The number of aryl methyl sites for hydroxylation is 1. The van der Waals surface area contributed by atoms with Gasteiger partial charge in [0.15, 0.2) is 0 Å². The van der Waals surface area contributed by atoms with Gasteiger partial charge in [-0.3, -0.25) is 14.6 Å². The number of aromatic nitrogens is 3. The van der Waals surface area contributed by atoms with Gasteiger partial charge < -0.3 is 20.9 Å². The van der Waals surface area contributed by atoms with E-state index in [1.807, 2.05) is 31.3 Å². The number of amides is 1. The van der Waals surface area contributed by atoms with Gasteiger partial charge in [0.1, 0.15) is 5.69 Å². The van der Waals surface area contributed by atoms with Gasteiger partial charge in [-0.2, -0.15) is 0 Å². The van der Waals surface area contributed by atoms with Gasteiger partial charge in [-0.05, 0) is 74.8 Å². The lowest BCUT2D eigenvalue weighted by Gasteiger charge is -2.54. The Morgan fingerprint density at radius 3 is 2.41 bits per heavy atom. The van der Waals surface area contributed by atoms with Gasteiger partial charge in [0.25, 0.3) is 11.5 Å². The number of nitrogens with one attached hydrogen (secondary N) is 4. The minimum atomic E-state index is -0.172. The summed E-state index contributed by atoms with van der Waals surface area (Å²) in [6.45, 7) is 2.72. The molecule has 0 unspecified atom stereocenters. The summed E-state index contributed by atoms with van der Waals surface area (Å²) in [6, 6.07) is 7.64. The lowest BCUT2D eigenvalue weighted by atomic mass is 9.61.